The minimum atomic E-state index is -0.973. The average Bonchev–Trinajstić information content (AvgIpc) is 3.16. The number of urea groups is 1. The lowest BCUT2D eigenvalue weighted by atomic mass is 10.1. The Kier molecular flexibility index (Phi) is 5.27. The van der Waals surface area contributed by atoms with E-state index in [1.807, 2.05) is 36.4 Å². The molecule has 150 valence electrons. The van der Waals surface area contributed by atoms with Gasteiger partial charge in [-0.1, -0.05) is 48.4 Å². The molecule has 4 rings (SSSR count). The van der Waals surface area contributed by atoms with Crippen molar-refractivity contribution in [1.82, 2.24) is 4.90 Å². The lowest BCUT2D eigenvalue weighted by molar-refractivity contribution is 0.0696. The zero-order chi connectivity index (χ0) is 21.1. The molecular formula is C24H20N2O4. The second kappa shape index (κ2) is 8.18. The number of furan rings is 1. The number of carboxylic acid groups (broad SMARTS) is 1. The molecule has 6 heteroatoms. The largest absolute Gasteiger partial charge is 0.478 e. The fourth-order valence-corrected chi connectivity index (χ4v) is 3.38. The van der Waals surface area contributed by atoms with Crippen LogP contribution in [0.1, 0.15) is 32.8 Å². The van der Waals surface area contributed by atoms with Crippen molar-refractivity contribution in [2.24, 2.45) is 0 Å². The molecule has 0 aliphatic carbocycles. The molecule has 2 heterocycles. The summed E-state index contributed by atoms with van der Waals surface area (Å²) in [5, 5.41) is 9.02. The molecule has 0 spiro atoms. The first-order chi connectivity index (χ1) is 14.5. The van der Waals surface area contributed by atoms with E-state index in [0.717, 1.165) is 16.7 Å². The molecule has 30 heavy (non-hydrogen) atoms. The van der Waals surface area contributed by atoms with Gasteiger partial charge in [-0.2, -0.15) is 0 Å². The van der Waals surface area contributed by atoms with Gasteiger partial charge in [0.25, 0.3) is 0 Å². The van der Waals surface area contributed by atoms with Crippen molar-refractivity contribution < 1.29 is 19.1 Å². The Morgan fingerprint density at radius 2 is 1.83 bits per heavy atom. The Balaban J connectivity index is 1.48. The van der Waals surface area contributed by atoms with Crippen molar-refractivity contribution in [2.75, 3.05) is 11.9 Å². The molecule has 0 fully saturated rings. The minimum Gasteiger partial charge on any atom is -0.478 e. The summed E-state index contributed by atoms with van der Waals surface area (Å²) in [5.41, 5.74) is 3.10. The van der Waals surface area contributed by atoms with Gasteiger partial charge in [-0.3, -0.25) is 4.90 Å². The summed E-state index contributed by atoms with van der Waals surface area (Å²) in [6.45, 7) is 0.783. The zero-order valence-corrected chi connectivity index (χ0v) is 16.5. The summed E-state index contributed by atoms with van der Waals surface area (Å²) < 4.78 is 5.81. The SMILES string of the molecule is CN1C(=O)N(Cc2ccc(C(=O)O)cc2)Cc2cc(C#CCc3ccccc3)oc21. The second-order valence-electron chi connectivity index (χ2n) is 7.10. The van der Waals surface area contributed by atoms with Crippen molar-refractivity contribution in [3.8, 4) is 11.8 Å². The van der Waals surface area contributed by atoms with E-state index in [1.165, 1.54) is 4.90 Å². The van der Waals surface area contributed by atoms with E-state index in [1.54, 1.807) is 36.2 Å². The van der Waals surface area contributed by atoms with Gasteiger partial charge in [-0.05, 0) is 29.2 Å². The summed E-state index contributed by atoms with van der Waals surface area (Å²) in [6, 6.07) is 18.2. The van der Waals surface area contributed by atoms with Gasteiger partial charge in [0.15, 0.2) is 5.76 Å². The van der Waals surface area contributed by atoms with Crippen LogP contribution in [0.5, 0.6) is 0 Å². The molecule has 0 atom stereocenters. The number of amides is 2. The van der Waals surface area contributed by atoms with Gasteiger partial charge < -0.3 is 14.4 Å². The number of carbonyl (C=O) groups excluding carboxylic acids is 1. The first-order valence-corrected chi connectivity index (χ1v) is 9.51. The van der Waals surface area contributed by atoms with E-state index < -0.39 is 5.97 Å². The molecule has 2 aromatic carbocycles. The molecule has 3 aromatic rings. The van der Waals surface area contributed by atoms with Gasteiger partial charge in [0.1, 0.15) is 0 Å². The monoisotopic (exact) mass is 400 g/mol. The molecule has 2 amide bonds. The van der Waals surface area contributed by atoms with E-state index in [4.69, 9.17) is 9.52 Å². The van der Waals surface area contributed by atoms with Crippen LogP contribution in [-0.2, 0) is 19.5 Å². The Bertz CT molecular complexity index is 1140. The number of hydrogen-bond acceptors (Lipinski definition) is 3. The second-order valence-corrected chi connectivity index (χ2v) is 7.10. The van der Waals surface area contributed by atoms with Gasteiger partial charge in [0.05, 0.1) is 12.1 Å². The van der Waals surface area contributed by atoms with Crippen molar-refractivity contribution in [3.05, 3.63) is 88.7 Å². The van der Waals surface area contributed by atoms with Crippen LogP contribution in [-0.4, -0.2) is 29.1 Å². The van der Waals surface area contributed by atoms with E-state index in [-0.39, 0.29) is 11.6 Å². The van der Waals surface area contributed by atoms with Gasteiger partial charge in [-0.15, -0.1) is 0 Å². The van der Waals surface area contributed by atoms with Crippen molar-refractivity contribution in [2.45, 2.75) is 19.5 Å². The van der Waals surface area contributed by atoms with Crippen LogP contribution < -0.4 is 4.90 Å². The first-order valence-electron chi connectivity index (χ1n) is 9.51. The smallest absolute Gasteiger partial charge is 0.335 e. The molecule has 0 saturated heterocycles. The summed E-state index contributed by atoms with van der Waals surface area (Å²) in [4.78, 5) is 26.9. The summed E-state index contributed by atoms with van der Waals surface area (Å²) in [5.74, 6) is 6.22. The van der Waals surface area contributed by atoms with Crippen LogP contribution in [0.2, 0.25) is 0 Å². The minimum absolute atomic E-state index is 0.178. The fraction of sp³-hybridized carbons (Fsp3) is 0.167. The number of fused-ring (bicyclic) bond motifs is 1. The van der Waals surface area contributed by atoms with Crippen molar-refractivity contribution in [1.29, 1.82) is 0 Å². The lowest BCUT2D eigenvalue weighted by Crippen LogP contribution is -2.44. The van der Waals surface area contributed by atoms with Gasteiger partial charge in [-0.25, -0.2) is 9.59 Å². The highest BCUT2D eigenvalue weighted by Crippen LogP contribution is 2.31. The topological polar surface area (TPSA) is 74.0 Å². The van der Waals surface area contributed by atoms with Gasteiger partial charge >= 0.3 is 12.0 Å². The molecule has 1 N–H and O–H groups in total. The third-order valence-electron chi connectivity index (χ3n) is 4.93. The standard InChI is InChI=1S/C24H20N2O4/c1-25-22-20(14-21(30-22)9-5-8-17-6-3-2-4-7-17)16-26(24(25)29)15-18-10-12-19(13-11-18)23(27)28/h2-4,6-7,10-14H,8,15-16H2,1H3,(H,27,28). The van der Waals surface area contributed by atoms with Crippen LogP contribution in [0.15, 0.2) is 65.1 Å². The number of rotatable bonds is 4. The highest BCUT2D eigenvalue weighted by Gasteiger charge is 2.31. The highest BCUT2D eigenvalue weighted by atomic mass is 16.4. The summed E-state index contributed by atoms with van der Waals surface area (Å²) >= 11 is 0. The first kappa shape index (κ1) is 19.3. The van der Waals surface area contributed by atoms with Crippen molar-refractivity contribution in [3.63, 3.8) is 0 Å². The van der Waals surface area contributed by atoms with Gasteiger partial charge in [0, 0.05) is 31.6 Å². The Hall–Kier alpha value is -3.98. The molecule has 1 aliphatic heterocycles. The number of anilines is 1. The maximum absolute atomic E-state index is 12.7. The quantitative estimate of drug-likeness (QED) is 0.668. The van der Waals surface area contributed by atoms with Crippen LogP contribution >= 0.6 is 0 Å². The normalized spacial score (nSPS) is 12.9. The third-order valence-corrected chi connectivity index (χ3v) is 4.93. The average molecular weight is 400 g/mol. The van der Waals surface area contributed by atoms with Crippen LogP contribution in [0.25, 0.3) is 0 Å². The van der Waals surface area contributed by atoms with E-state index in [2.05, 4.69) is 11.8 Å². The van der Waals surface area contributed by atoms with Crippen LogP contribution in [0, 0.1) is 11.8 Å². The number of benzene rings is 2. The molecular weight excluding hydrogens is 380 g/mol. The molecule has 6 nitrogen and oxygen atoms in total. The number of aromatic carboxylic acids is 1. The van der Waals surface area contributed by atoms with E-state index >= 15 is 0 Å². The van der Waals surface area contributed by atoms with E-state index in [9.17, 15) is 9.59 Å². The lowest BCUT2D eigenvalue weighted by Gasteiger charge is -2.32. The number of hydrogen-bond donors (Lipinski definition) is 1. The Morgan fingerprint density at radius 1 is 1.10 bits per heavy atom. The number of carbonyl (C=O) groups is 2. The van der Waals surface area contributed by atoms with E-state index in [0.29, 0.717) is 31.2 Å². The van der Waals surface area contributed by atoms with Gasteiger partial charge in [0.2, 0.25) is 5.88 Å². The Morgan fingerprint density at radius 3 is 2.53 bits per heavy atom. The predicted molar refractivity (Wildman–Crippen MR) is 112 cm³/mol. The summed E-state index contributed by atoms with van der Waals surface area (Å²) in [6.07, 6.45) is 0.624. The number of carboxylic acids is 1. The third kappa shape index (κ3) is 4.06. The van der Waals surface area contributed by atoms with Crippen LogP contribution in [0.4, 0.5) is 10.7 Å². The summed E-state index contributed by atoms with van der Waals surface area (Å²) in [7, 11) is 1.67. The molecule has 0 unspecified atom stereocenters. The molecule has 0 saturated carbocycles. The molecule has 1 aromatic heterocycles. The number of nitrogens with zero attached hydrogens (tertiary/aromatic N) is 2. The predicted octanol–water partition coefficient (Wildman–Crippen LogP) is 4.14. The fourth-order valence-electron chi connectivity index (χ4n) is 3.38. The maximum atomic E-state index is 12.7. The molecule has 1 aliphatic rings. The molecule has 0 radical (unpaired) electrons. The van der Waals surface area contributed by atoms with Crippen LogP contribution in [0.3, 0.4) is 0 Å². The molecule has 0 bridgehead atoms. The Labute approximate surface area is 174 Å². The zero-order valence-electron chi connectivity index (χ0n) is 16.5. The van der Waals surface area contributed by atoms with Crippen molar-refractivity contribution >= 4 is 17.9 Å². The maximum Gasteiger partial charge on any atom is 0.335 e. The highest BCUT2D eigenvalue weighted by molar-refractivity contribution is 5.93.